The minimum atomic E-state index is -0.420. The summed E-state index contributed by atoms with van der Waals surface area (Å²) in [6, 6.07) is 11.8. The summed E-state index contributed by atoms with van der Waals surface area (Å²) >= 11 is 0. The Morgan fingerprint density at radius 1 is 1.03 bits per heavy atom. The maximum Gasteiger partial charge on any atom is 0.245 e. The average molecular weight is 406 g/mol. The Kier molecular flexibility index (Phi) is 6.46. The summed E-state index contributed by atoms with van der Waals surface area (Å²) in [7, 11) is 0. The lowest BCUT2D eigenvalue weighted by Gasteiger charge is -2.42. The lowest BCUT2D eigenvalue weighted by molar-refractivity contribution is -0.154. The number of carbonyl (C=O) groups excluding carboxylic acids is 2. The number of hydrogen-bond donors (Lipinski definition) is 0. The van der Waals surface area contributed by atoms with Gasteiger partial charge >= 0.3 is 0 Å². The molecule has 1 atom stereocenters. The summed E-state index contributed by atoms with van der Waals surface area (Å²) in [6.07, 6.45) is 9.50. The van der Waals surface area contributed by atoms with Gasteiger partial charge in [0.15, 0.2) is 0 Å². The first-order chi connectivity index (χ1) is 14.7. The molecule has 1 aliphatic heterocycles. The highest BCUT2D eigenvalue weighted by Gasteiger charge is 2.39. The van der Waals surface area contributed by atoms with Gasteiger partial charge in [-0.3, -0.25) is 14.6 Å². The molecule has 30 heavy (non-hydrogen) atoms. The van der Waals surface area contributed by atoms with E-state index in [1.54, 1.807) is 12.4 Å². The molecule has 5 heteroatoms. The molecule has 5 nitrogen and oxygen atoms in total. The third-order valence-corrected chi connectivity index (χ3v) is 6.62. The number of rotatable bonds is 5. The zero-order chi connectivity index (χ0) is 20.9. The molecule has 2 aromatic rings. The van der Waals surface area contributed by atoms with Crippen molar-refractivity contribution in [3.63, 3.8) is 0 Å². The van der Waals surface area contributed by atoms with E-state index < -0.39 is 6.04 Å². The smallest absolute Gasteiger partial charge is 0.245 e. The van der Waals surface area contributed by atoms with Gasteiger partial charge in [-0.05, 0) is 48.6 Å². The van der Waals surface area contributed by atoms with Crippen LogP contribution in [0.15, 0.2) is 48.8 Å². The van der Waals surface area contributed by atoms with Crippen molar-refractivity contribution in [3.05, 3.63) is 54.4 Å². The van der Waals surface area contributed by atoms with Crippen LogP contribution in [0.5, 0.6) is 0 Å². The first-order valence-corrected chi connectivity index (χ1v) is 11.3. The Hall–Kier alpha value is -2.69. The predicted molar refractivity (Wildman–Crippen MR) is 118 cm³/mol. The number of aromatic nitrogens is 1. The fraction of sp³-hybridized carbons (Fsp3) is 0.480. The molecule has 4 rings (SSSR count). The molecule has 0 unspecified atom stereocenters. The van der Waals surface area contributed by atoms with Gasteiger partial charge in [-0.25, -0.2) is 0 Å². The fourth-order valence-electron chi connectivity index (χ4n) is 4.92. The van der Waals surface area contributed by atoms with Gasteiger partial charge in [0, 0.05) is 44.4 Å². The predicted octanol–water partition coefficient (Wildman–Crippen LogP) is 3.93. The molecule has 0 N–H and O–H groups in total. The molecule has 1 saturated carbocycles. The molecule has 158 valence electrons. The highest BCUT2D eigenvalue weighted by atomic mass is 16.2. The van der Waals surface area contributed by atoms with Crippen molar-refractivity contribution in [3.8, 4) is 11.1 Å². The van der Waals surface area contributed by atoms with Crippen molar-refractivity contribution in [2.24, 2.45) is 5.92 Å². The molecule has 1 aromatic heterocycles. The van der Waals surface area contributed by atoms with Gasteiger partial charge in [-0.1, -0.05) is 43.5 Å². The van der Waals surface area contributed by atoms with E-state index in [1.165, 1.54) is 6.42 Å². The summed E-state index contributed by atoms with van der Waals surface area (Å²) < 4.78 is 0. The second kappa shape index (κ2) is 9.41. The van der Waals surface area contributed by atoms with Crippen LogP contribution in [0, 0.1) is 5.92 Å². The zero-order valence-electron chi connectivity index (χ0n) is 17.8. The van der Waals surface area contributed by atoms with E-state index in [0.717, 1.165) is 42.4 Å². The van der Waals surface area contributed by atoms with Crippen LogP contribution in [0.3, 0.4) is 0 Å². The van der Waals surface area contributed by atoms with Crippen LogP contribution in [-0.4, -0.2) is 52.3 Å². The first kappa shape index (κ1) is 20.6. The van der Waals surface area contributed by atoms with Crippen molar-refractivity contribution in [1.82, 2.24) is 14.8 Å². The Balaban J connectivity index is 1.63. The minimum absolute atomic E-state index is 0.0810. The Morgan fingerprint density at radius 2 is 1.77 bits per heavy atom. The molecule has 2 heterocycles. The maximum atomic E-state index is 13.4. The summed E-state index contributed by atoms with van der Waals surface area (Å²) in [6.45, 7) is 3.97. The quantitative estimate of drug-likeness (QED) is 0.757. The van der Waals surface area contributed by atoms with Gasteiger partial charge in [0.25, 0.3) is 0 Å². The summed E-state index contributed by atoms with van der Waals surface area (Å²) in [4.78, 5) is 34.6. The Bertz CT molecular complexity index is 877. The van der Waals surface area contributed by atoms with E-state index in [1.807, 2.05) is 41.0 Å². The first-order valence-electron chi connectivity index (χ1n) is 11.3. The number of amides is 2. The second-order valence-corrected chi connectivity index (χ2v) is 8.40. The zero-order valence-corrected chi connectivity index (χ0v) is 17.8. The van der Waals surface area contributed by atoms with Gasteiger partial charge in [-0.2, -0.15) is 0 Å². The third kappa shape index (κ3) is 4.25. The van der Waals surface area contributed by atoms with E-state index in [9.17, 15) is 9.59 Å². The lowest BCUT2D eigenvalue weighted by Crippen LogP contribution is -2.60. The number of nitrogens with zero attached hydrogens (tertiary/aromatic N) is 3. The topological polar surface area (TPSA) is 53.5 Å². The molecule has 0 spiro atoms. The monoisotopic (exact) mass is 405 g/mol. The van der Waals surface area contributed by atoms with E-state index in [4.69, 9.17) is 0 Å². The van der Waals surface area contributed by atoms with Crippen LogP contribution in [0.2, 0.25) is 0 Å². The number of hydrogen-bond acceptors (Lipinski definition) is 3. The van der Waals surface area contributed by atoms with Crippen molar-refractivity contribution >= 4 is 11.8 Å². The lowest BCUT2D eigenvalue weighted by atomic mass is 9.87. The molecule has 0 radical (unpaired) electrons. The number of pyridine rings is 1. The molecule has 2 aliphatic rings. The number of benzene rings is 1. The summed E-state index contributed by atoms with van der Waals surface area (Å²) in [5.41, 5.74) is 3.29. The van der Waals surface area contributed by atoms with Crippen molar-refractivity contribution in [2.45, 2.75) is 51.5 Å². The number of piperazine rings is 1. The van der Waals surface area contributed by atoms with Crippen molar-refractivity contribution < 1.29 is 9.59 Å². The number of likely N-dealkylation sites (N-methyl/N-ethyl adjacent to an activating group) is 1. The molecule has 2 fully saturated rings. The molecular weight excluding hydrogens is 374 g/mol. The van der Waals surface area contributed by atoms with Gasteiger partial charge in [0.2, 0.25) is 11.8 Å². The maximum absolute atomic E-state index is 13.4. The molecule has 2 amide bonds. The molecule has 1 aliphatic carbocycles. The van der Waals surface area contributed by atoms with Gasteiger partial charge < -0.3 is 9.80 Å². The molecule has 1 saturated heterocycles. The van der Waals surface area contributed by atoms with Crippen LogP contribution in [0.25, 0.3) is 11.1 Å². The summed E-state index contributed by atoms with van der Waals surface area (Å²) in [5, 5.41) is 0. The third-order valence-electron chi connectivity index (χ3n) is 6.62. The van der Waals surface area contributed by atoms with Crippen LogP contribution in [0.1, 0.15) is 44.6 Å². The second-order valence-electron chi connectivity index (χ2n) is 8.40. The van der Waals surface area contributed by atoms with Gasteiger partial charge in [-0.15, -0.1) is 0 Å². The van der Waals surface area contributed by atoms with Crippen LogP contribution >= 0.6 is 0 Å². The van der Waals surface area contributed by atoms with E-state index in [2.05, 4.69) is 17.1 Å². The van der Waals surface area contributed by atoms with Crippen LogP contribution in [-0.2, 0) is 16.0 Å². The highest BCUT2D eigenvalue weighted by Crippen LogP contribution is 2.30. The largest absolute Gasteiger partial charge is 0.339 e. The normalized spacial score (nSPS) is 20.4. The van der Waals surface area contributed by atoms with Crippen molar-refractivity contribution in [2.75, 3.05) is 19.6 Å². The van der Waals surface area contributed by atoms with Crippen molar-refractivity contribution in [1.29, 1.82) is 0 Å². The van der Waals surface area contributed by atoms with Crippen LogP contribution < -0.4 is 0 Å². The Morgan fingerprint density at radius 3 is 2.50 bits per heavy atom. The van der Waals surface area contributed by atoms with E-state index >= 15 is 0 Å². The minimum Gasteiger partial charge on any atom is -0.339 e. The van der Waals surface area contributed by atoms with E-state index in [-0.39, 0.29) is 17.7 Å². The SMILES string of the molecule is CCN1CCN(C(=O)C2CCCCC2)[C@@H](Cc2ccccc2-c2ccncc2)C1=O. The van der Waals surface area contributed by atoms with Crippen LogP contribution in [0.4, 0.5) is 0 Å². The standard InChI is InChI=1S/C25H31N3O2/c1-2-27-16-17-28(24(29)20-8-4-3-5-9-20)23(25(27)30)18-21-10-6-7-11-22(21)19-12-14-26-15-13-19/h6-7,10-15,20,23H,2-5,8-9,16-18H2,1H3/t23-/m0/s1. The van der Waals surface area contributed by atoms with E-state index in [0.29, 0.717) is 26.1 Å². The molecular formula is C25H31N3O2. The number of carbonyl (C=O) groups is 2. The Labute approximate surface area is 179 Å². The van der Waals surface area contributed by atoms with Gasteiger partial charge in [0.05, 0.1) is 0 Å². The fourth-order valence-corrected chi connectivity index (χ4v) is 4.92. The molecule has 1 aromatic carbocycles. The highest BCUT2D eigenvalue weighted by molar-refractivity contribution is 5.90. The average Bonchev–Trinajstić information content (AvgIpc) is 2.81. The molecule has 0 bridgehead atoms. The summed E-state index contributed by atoms with van der Waals surface area (Å²) in [5.74, 6) is 0.348. The van der Waals surface area contributed by atoms with Gasteiger partial charge in [0.1, 0.15) is 6.04 Å².